The van der Waals surface area contributed by atoms with E-state index in [9.17, 15) is 14.9 Å². The number of ether oxygens (including phenoxy) is 2. The smallest absolute Gasteiger partial charge is 0.410 e. The van der Waals surface area contributed by atoms with Crippen molar-refractivity contribution in [3.8, 4) is 11.8 Å². The van der Waals surface area contributed by atoms with Crippen LogP contribution >= 0.6 is 11.3 Å². The maximum Gasteiger partial charge on any atom is 0.410 e. The fourth-order valence-electron chi connectivity index (χ4n) is 4.22. The number of anilines is 1. The van der Waals surface area contributed by atoms with Crippen LogP contribution in [-0.4, -0.2) is 35.0 Å². The number of nitrogens with one attached hydrogen (secondary N) is 1. The van der Waals surface area contributed by atoms with Crippen LogP contribution in [0.4, 0.5) is 9.80 Å². The van der Waals surface area contributed by atoms with Crippen LogP contribution in [0.25, 0.3) is 0 Å². The lowest BCUT2D eigenvalue weighted by molar-refractivity contribution is -0.116. The van der Waals surface area contributed by atoms with Crippen LogP contribution in [0.5, 0.6) is 5.75 Å². The molecule has 1 aliphatic rings. The van der Waals surface area contributed by atoms with Gasteiger partial charge in [-0.2, -0.15) is 5.26 Å². The van der Waals surface area contributed by atoms with Crippen LogP contribution in [0.3, 0.4) is 0 Å². The predicted molar refractivity (Wildman–Crippen MR) is 137 cm³/mol. The topological polar surface area (TPSA) is 105 Å². The van der Waals surface area contributed by atoms with E-state index in [1.165, 1.54) is 11.3 Å². The van der Waals surface area contributed by atoms with Crippen molar-refractivity contribution in [2.45, 2.75) is 45.8 Å². The molecule has 0 spiro atoms. The number of fused-ring (bicyclic) bond motifs is 1. The summed E-state index contributed by atoms with van der Waals surface area (Å²) in [6.45, 7) is 5.34. The van der Waals surface area contributed by atoms with E-state index in [0.717, 1.165) is 21.8 Å². The Hall–Kier alpha value is -3.90. The van der Waals surface area contributed by atoms with Gasteiger partial charge in [-0.05, 0) is 48.6 Å². The molecule has 4 rings (SSSR count). The Morgan fingerprint density at radius 1 is 1.25 bits per heavy atom. The van der Waals surface area contributed by atoms with E-state index in [1.807, 2.05) is 44.2 Å². The molecule has 1 aliphatic heterocycles. The van der Waals surface area contributed by atoms with Gasteiger partial charge in [0.2, 0.25) is 5.91 Å². The molecule has 36 heavy (non-hydrogen) atoms. The summed E-state index contributed by atoms with van der Waals surface area (Å²) in [5.41, 5.74) is 3.02. The Morgan fingerprint density at radius 3 is 2.81 bits per heavy atom. The number of aromatic nitrogens is 1. The standard InChI is InChI=1S/C27H28N4O4S/c1-3-34-23-10-5-4-9-20(23)18(2)14-25(32)30-26-22(15-28)21-11-13-31(16-24(21)36-26)27(33)35-17-19-8-6-7-12-29-19/h4-10,12,18H,3,11,13-14,16-17H2,1-2H3,(H,30,32)/t18-/m0/s1. The summed E-state index contributed by atoms with van der Waals surface area (Å²) in [7, 11) is 0. The van der Waals surface area contributed by atoms with Crippen LogP contribution in [0.1, 0.15) is 53.4 Å². The van der Waals surface area contributed by atoms with Crippen LogP contribution in [0.15, 0.2) is 48.7 Å². The van der Waals surface area contributed by atoms with Gasteiger partial charge < -0.3 is 19.7 Å². The van der Waals surface area contributed by atoms with E-state index in [4.69, 9.17) is 9.47 Å². The van der Waals surface area contributed by atoms with E-state index in [0.29, 0.717) is 42.4 Å². The molecule has 0 bridgehead atoms. The Kier molecular flexibility index (Phi) is 8.18. The zero-order valence-electron chi connectivity index (χ0n) is 20.3. The molecule has 1 N–H and O–H groups in total. The zero-order valence-corrected chi connectivity index (χ0v) is 21.1. The summed E-state index contributed by atoms with van der Waals surface area (Å²) < 4.78 is 11.1. The van der Waals surface area contributed by atoms with Gasteiger partial charge in [-0.15, -0.1) is 11.3 Å². The lowest BCUT2D eigenvalue weighted by Crippen LogP contribution is -2.35. The van der Waals surface area contributed by atoms with Crippen molar-refractivity contribution in [1.82, 2.24) is 9.88 Å². The molecular weight excluding hydrogens is 476 g/mol. The first-order chi connectivity index (χ1) is 17.5. The largest absolute Gasteiger partial charge is 0.494 e. The highest BCUT2D eigenvalue weighted by atomic mass is 32.1. The fraction of sp³-hybridized carbons (Fsp3) is 0.333. The number of hydrogen-bond donors (Lipinski definition) is 1. The second-order valence-corrected chi connectivity index (χ2v) is 9.60. The molecule has 0 radical (unpaired) electrons. The number of para-hydroxylation sites is 1. The first kappa shape index (κ1) is 25.2. The number of rotatable bonds is 8. The van der Waals surface area contributed by atoms with Crippen molar-refractivity contribution in [1.29, 1.82) is 5.26 Å². The molecule has 186 valence electrons. The summed E-state index contributed by atoms with van der Waals surface area (Å²) in [4.78, 5) is 32.1. The second-order valence-electron chi connectivity index (χ2n) is 8.49. The molecule has 3 heterocycles. The van der Waals surface area contributed by atoms with Crippen molar-refractivity contribution in [3.63, 3.8) is 0 Å². The van der Waals surface area contributed by atoms with E-state index < -0.39 is 6.09 Å². The monoisotopic (exact) mass is 504 g/mol. The fourth-order valence-corrected chi connectivity index (χ4v) is 5.45. The molecule has 0 saturated carbocycles. The summed E-state index contributed by atoms with van der Waals surface area (Å²) in [5, 5.41) is 13.3. The third-order valence-electron chi connectivity index (χ3n) is 5.99. The number of hydrogen-bond acceptors (Lipinski definition) is 7. The lowest BCUT2D eigenvalue weighted by Gasteiger charge is -2.26. The maximum atomic E-state index is 12.9. The minimum atomic E-state index is -0.425. The van der Waals surface area contributed by atoms with E-state index in [1.54, 1.807) is 23.2 Å². The van der Waals surface area contributed by atoms with E-state index in [2.05, 4.69) is 16.4 Å². The minimum Gasteiger partial charge on any atom is -0.494 e. The molecule has 2 amide bonds. The van der Waals surface area contributed by atoms with E-state index >= 15 is 0 Å². The molecule has 9 heteroatoms. The maximum absolute atomic E-state index is 12.9. The summed E-state index contributed by atoms with van der Waals surface area (Å²) in [6, 6.07) is 15.4. The van der Waals surface area contributed by atoms with Crippen molar-refractivity contribution in [2.75, 3.05) is 18.5 Å². The summed E-state index contributed by atoms with van der Waals surface area (Å²) in [5.74, 6) is 0.549. The Labute approximate surface area is 214 Å². The van der Waals surface area contributed by atoms with Gasteiger partial charge in [-0.1, -0.05) is 31.2 Å². The number of thiophene rings is 1. The summed E-state index contributed by atoms with van der Waals surface area (Å²) in [6.07, 6.45) is 2.01. The Bertz CT molecular complexity index is 1270. The van der Waals surface area contributed by atoms with Gasteiger partial charge in [0.1, 0.15) is 23.4 Å². The van der Waals surface area contributed by atoms with Crippen molar-refractivity contribution >= 4 is 28.3 Å². The van der Waals surface area contributed by atoms with Crippen LogP contribution < -0.4 is 10.1 Å². The molecule has 2 aromatic heterocycles. The molecule has 1 atom stereocenters. The van der Waals surface area contributed by atoms with Gasteiger partial charge in [-0.25, -0.2) is 4.79 Å². The third kappa shape index (κ3) is 5.83. The summed E-state index contributed by atoms with van der Waals surface area (Å²) >= 11 is 1.34. The number of carbonyl (C=O) groups excluding carboxylic acids is 2. The number of nitrogens with zero attached hydrogens (tertiary/aromatic N) is 3. The van der Waals surface area contributed by atoms with Gasteiger partial charge in [0.05, 0.1) is 24.4 Å². The average molecular weight is 505 g/mol. The minimum absolute atomic E-state index is 0.0581. The average Bonchev–Trinajstić information content (AvgIpc) is 3.24. The predicted octanol–water partition coefficient (Wildman–Crippen LogP) is 5.24. The quantitative estimate of drug-likeness (QED) is 0.450. The highest BCUT2D eigenvalue weighted by Gasteiger charge is 2.28. The number of benzene rings is 1. The second kappa shape index (κ2) is 11.7. The normalized spacial score (nSPS) is 13.3. The highest BCUT2D eigenvalue weighted by Crippen LogP contribution is 2.37. The van der Waals surface area contributed by atoms with Gasteiger partial charge in [0, 0.05) is 24.0 Å². The van der Waals surface area contributed by atoms with Gasteiger partial charge in [-0.3, -0.25) is 9.78 Å². The number of amides is 2. The zero-order chi connectivity index (χ0) is 25.5. The highest BCUT2D eigenvalue weighted by molar-refractivity contribution is 7.16. The third-order valence-corrected chi connectivity index (χ3v) is 7.12. The molecule has 0 aliphatic carbocycles. The van der Waals surface area contributed by atoms with E-state index in [-0.39, 0.29) is 24.9 Å². The van der Waals surface area contributed by atoms with Gasteiger partial charge in [0.25, 0.3) is 0 Å². The molecule has 0 unspecified atom stereocenters. The number of pyridine rings is 1. The van der Waals surface area contributed by atoms with Gasteiger partial charge >= 0.3 is 6.09 Å². The lowest BCUT2D eigenvalue weighted by atomic mass is 9.96. The Balaban J connectivity index is 1.40. The molecular formula is C27H28N4O4S. The van der Waals surface area contributed by atoms with Gasteiger partial charge in [0.15, 0.2) is 0 Å². The molecule has 0 saturated heterocycles. The van der Waals surface area contributed by atoms with Crippen molar-refractivity contribution in [3.05, 3.63) is 75.9 Å². The van der Waals surface area contributed by atoms with Crippen LogP contribution in [0.2, 0.25) is 0 Å². The SMILES string of the molecule is CCOc1ccccc1[C@@H](C)CC(=O)Nc1sc2c(c1C#N)CCN(C(=O)OCc1ccccn1)C2. The first-order valence-electron chi connectivity index (χ1n) is 11.9. The number of carbonyl (C=O) groups is 2. The van der Waals surface area contributed by atoms with Crippen LogP contribution in [-0.2, 0) is 29.1 Å². The molecule has 8 nitrogen and oxygen atoms in total. The Morgan fingerprint density at radius 2 is 2.06 bits per heavy atom. The molecule has 1 aromatic carbocycles. The molecule has 0 fully saturated rings. The van der Waals surface area contributed by atoms with Crippen molar-refractivity contribution in [2.24, 2.45) is 0 Å². The molecule has 3 aromatic rings. The first-order valence-corrected chi connectivity index (χ1v) is 12.7. The van der Waals surface area contributed by atoms with Crippen LogP contribution in [0, 0.1) is 11.3 Å². The number of nitriles is 1. The van der Waals surface area contributed by atoms with Crippen molar-refractivity contribution < 1.29 is 19.1 Å².